The van der Waals surface area contributed by atoms with Crippen LogP contribution >= 0.6 is 15.9 Å². The Bertz CT molecular complexity index is 360. The van der Waals surface area contributed by atoms with Crippen LogP contribution in [0, 0.1) is 0 Å². The van der Waals surface area contributed by atoms with Crippen molar-refractivity contribution in [1.29, 1.82) is 0 Å². The van der Waals surface area contributed by atoms with Crippen molar-refractivity contribution in [3.05, 3.63) is 35.9 Å². The van der Waals surface area contributed by atoms with Crippen LogP contribution in [-0.2, 0) is 0 Å². The third-order valence-corrected chi connectivity index (χ3v) is 5.06. The van der Waals surface area contributed by atoms with Crippen molar-refractivity contribution in [1.82, 2.24) is 9.80 Å². The zero-order valence-corrected chi connectivity index (χ0v) is 13.6. The van der Waals surface area contributed by atoms with Crippen molar-refractivity contribution in [3.63, 3.8) is 0 Å². The highest BCUT2D eigenvalue weighted by molar-refractivity contribution is 9.09. The Balaban J connectivity index is 1.91. The first kappa shape index (κ1) is 15.0. The van der Waals surface area contributed by atoms with Gasteiger partial charge in [0.1, 0.15) is 0 Å². The molecule has 106 valence electrons. The van der Waals surface area contributed by atoms with E-state index in [0.717, 1.165) is 17.9 Å². The third kappa shape index (κ3) is 4.30. The predicted octanol–water partition coefficient (Wildman–Crippen LogP) is 3.19. The second-order valence-corrected chi connectivity index (χ2v) is 6.38. The fourth-order valence-corrected chi connectivity index (χ4v) is 3.48. The van der Waals surface area contributed by atoms with E-state index < -0.39 is 0 Å². The lowest BCUT2D eigenvalue weighted by Gasteiger charge is -2.36. The van der Waals surface area contributed by atoms with E-state index >= 15 is 0 Å². The first-order valence-electron chi connectivity index (χ1n) is 7.20. The fourth-order valence-electron chi connectivity index (χ4n) is 2.90. The topological polar surface area (TPSA) is 6.48 Å². The molecule has 0 aliphatic carbocycles. The van der Waals surface area contributed by atoms with Gasteiger partial charge in [-0.25, -0.2) is 0 Å². The van der Waals surface area contributed by atoms with Gasteiger partial charge in [-0.15, -0.1) is 0 Å². The molecule has 1 atom stereocenters. The number of halogens is 1. The molecule has 1 aliphatic heterocycles. The predicted molar refractivity (Wildman–Crippen MR) is 86.1 cm³/mol. The molecule has 1 heterocycles. The van der Waals surface area contributed by atoms with Crippen LogP contribution in [0.4, 0.5) is 0 Å². The SMILES string of the molecule is CN1CCC(N(C)CC(CBr)c2ccccc2)CC1. The molecule has 0 aromatic heterocycles. The molecule has 0 bridgehead atoms. The van der Waals surface area contributed by atoms with Crippen LogP contribution in [0.3, 0.4) is 0 Å². The summed E-state index contributed by atoms with van der Waals surface area (Å²) >= 11 is 3.68. The van der Waals surface area contributed by atoms with Crippen LogP contribution in [0.25, 0.3) is 0 Å². The molecular weight excluding hydrogens is 300 g/mol. The molecule has 19 heavy (non-hydrogen) atoms. The van der Waals surface area contributed by atoms with Gasteiger partial charge in [0.25, 0.3) is 0 Å². The smallest absolute Gasteiger partial charge is 0.0117 e. The average Bonchev–Trinajstić information content (AvgIpc) is 2.46. The zero-order chi connectivity index (χ0) is 13.7. The van der Waals surface area contributed by atoms with Gasteiger partial charge in [0.2, 0.25) is 0 Å². The lowest BCUT2D eigenvalue weighted by atomic mass is 9.98. The molecule has 0 spiro atoms. The maximum absolute atomic E-state index is 3.68. The Hall–Kier alpha value is -0.380. The summed E-state index contributed by atoms with van der Waals surface area (Å²) < 4.78 is 0. The summed E-state index contributed by atoms with van der Waals surface area (Å²) in [6.07, 6.45) is 2.60. The van der Waals surface area contributed by atoms with Crippen LogP contribution in [0.5, 0.6) is 0 Å². The quantitative estimate of drug-likeness (QED) is 0.767. The number of alkyl halides is 1. The molecule has 1 unspecified atom stereocenters. The molecule has 0 saturated carbocycles. The van der Waals surface area contributed by atoms with E-state index in [-0.39, 0.29) is 0 Å². The van der Waals surface area contributed by atoms with Crippen LogP contribution < -0.4 is 0 Å². The van der Waals surface area contributed by atoms with E-state index in [2.05, 4.69) is 70.2 Å². The molecule has 1 aliphatic rings. The second-order valence-electron chi connectivity index (χ2n) is 5.74. The number of nitrogens with zero attached hydrogens (tertiary/aromatic N) is 2. The van der Waals surface area contributed by atoms with Crippen LogP contribution in [-0.4, -0.2) is 54.9 Å². The maximum Gasteiger partial charge on any atom is 0.0117 e. The minimum atomic E-state index is 0.589. The number of piperidine rings is 1. The molecule has 1 aromatic rings. The number of benzene rings is 1. The van der Waals surface area contributed by atoms with Crippen molar-refractivity contribution >= 4 is 15.9 Å². The molecule has 2 nitrogen and oxygen atoms in total. The summed E-state index contributed by atoms with van der Waals surface area (Å²) in [6.45, 7) is 3.61. The molecule has 3 heteroatoms. The summed E-state index contributed by atoms with van der Waals surface area (Å²) in [4.78, 5) is 5.00. The van der Waals surface area contributed by atoms with Crippen molar-refractivity contribution in [2.75, 3.05) is 39.1 Å². The van der Waals surface area contributed by atoms with Gasteiger partial charge in [0, 0.05) is 23.8 Å². The highest BCUT2D eigenvalue weighted by atomic mass is 79.9. The lowest BCUT2D eigenvalue weighted by molar-refractivity contribution is 0.140. The molecule has 1 aromatic carbocycles. The van der Waals surface area contributed by atoms with Gasteiger partial charge in [0.15, 0.2) is 0 Å². The summed E-state index contributed by atoms with van der Waals surface area (Å²) in [6, 6.07) is 11.6. The average molecular weight is 325 g/mol. The van der Waals surface area contributed by atoms with E-state index in [9.17, 15) is 0 Å². The Morgan fingerprint density at radius 3 is 2.47 bits per heavy atom. The van der Waals surface area contributed by atoms with E-state index in [4.69, 9.17) is 0 Å². The van der Waals surface area contributed by atoms with E-state index in [0.29, 0.717) is 5.92 Å². The van der Waals surface area contributed by atoms with E-state index in [1.54, 1.807) is 0 Å². The van der Waals surface area contributed by atoms with Crippen LogP contribution in [0.2, 0.25) is 0 Å². The highest BCUT2D eigenvalue weighted by Crippen LogP contribution is 2.22. The zero-order valence-electron chi connectivity index (χ0n) is 12.1. The largest absolute Gasteiger partial charge is 0.306 e. The lowest BCUT2D eigenvalue weighted by Crippen LogP contribution is -2.43. The second kappa shape index (κ2) is 7.41. The first-order valence-corrected chi connectivity index (χ1v) is 8.32. The third-order valence-electron chi connectivity index (χ3n) is 4.28. The first-order chi connectivity index (χ1) is 9.20. The Morgan fingerprint density at radius 2 is 1.89 bits per heavy atom. The normalized spacial score (nSPS) is 19.8. The van der Waals surface area contributed by atoms with Crippen LogP contribution in [0.15, 0.2) is 30.3 Å². The Kier molecular flexibility index (Phi) is 5.86. The van der Waals surface area contributed by atoms with E-state index in [1.165, 1.54) is 31.5 Å². The van der Waals surface area contributed by atoms with Crippen molar-refractivity contribution < 1.29 is 0 Å². The number of hydrogen-bond donors (Lipinski definition) is 0. The van der Waals surface area contributed by atoms with Crippen molar-refractivity contribution in [2.24, 2.45) is 0 Å². The van der Waals surface area contributed by atoms with Gasteiger partial charge >= 0.3 is 0 Å². The van der Waals surface area contributed by atoms with Gasteiger partial charge in [0.05, 0.1) is 0 Å². The summed E-state index contributed by atoms with van der Waals surface area (Å²) in [5, 5.41) is 1.04. The summed E-state index contributed by atoms with van der Waals surface area (Å²) in [5.74, 6) is 0.589. The Labute approximate surface area is 125 Å². The molecule has 1 fully saturated rings. The maximum atomic E-state index is 3.68. The van der Waals surface area contributed by atoms with Gasteiger partial charge in [-0.05, 0) is 45.6 Å². The van der Waals surface area contributed by atoms with Gasteiger partial charge in [-0.1, -0.05) is 46.3 Å². The monoisotopic (exact) mass is 324 g/mol. The van der Waals surface area contributed by atoms with Crippen molar-refractivity contribution in [2.45, 2.75) is 24.8 Å². The van der Waals surface area contributed by atoms with Gasteiger partial charge < -0.3 is 9.80 Å². The van der Waals surface area contributed by atoms with Gasteiger partial charge in [-0.3, -0.25) is 0 Å². The minimum absolute atomic E-state index is 0.589. The number of likely N-dealkylation sites (tertiary alicyclic amines) is 1. The number of likely N-dealkylation sites (N-methyl/N-ethyl adjacent to an activating group) is 1. The fraction of sp³-hybridized carbons (Fsp3) is 0.625. The Morgan fingerprint density at radius 1 is 1.26 bits per heavy atom. The molecule has 0 N–H and O–H groups in total. The highest BCUT2D eigenvalue weighted by Gasteiger charge is 2.22. The molecule has 0 amide bonds. The standard InChI is InChI=1S/C16H25BrN2/c1-18-10-8-16(9-11-18)19(2)13-15(12-17)14-6-4-3-5-7-14/h3-7,15-16H,8-13H2,1-2H3. The van der Waals surface area contributed by atoms with Crippen LogP contribution in [0.1, 0.15) is 24.3 Å². The molecule has 1 saturated heterocycles. The minimum Gasteiger partial charge on any atom is -0.306 e. The van der Waals surface area contributed by atoms with Crippen molar-refractivity contribution in [3.8, 4) is 0 Å². The molecular formula is C16H25BrN2. The van der Waals surface area contributed by atoms with E-state index in [1.807, 2.05) is 0 Å². The van der Waals surface area contributed by atoms with Gasteiger partial charge in [-0.2, -0.15) is 0 Å². The summed E-state index contributed by atoms with van der Waals surface area (Å²) in [7, 11) is 4.51. The number of rotatable bonds is 5. The number of hydrogen-bond acceptors (Lipinski definition) is 2. The molecule has 2 rings (SSSR count). The molecule has 0 radical (unpaired) electrons. The summed E-state index contributed by atoms with van der Waals surface area (Å²) in [5.41, 5.74) is 1.44.